The first-order chi connectivity index (χ1) is 9.10. The summed E-state index contributed by atoms with van der Waals surface area (Å²) in [5.41, 5.74) is 0. The second-order valence-corrected chi connectivity index (χ2v) is 9.36. The predicted molar refractivity (Wildman–Crippen MR) is 84.7 cm³/mol. The summed E-state index contributed by atoms with van der Waals surface area (Å²) in [4.78, 5) is 5.27. The Labute approximate surface area is 121 Å². The van der Waals surface area contributed by atoms with Crippen molar-refractivity contribution in [3.05, 3.63) is 0 Å². The van der Waals surface area contributed by atoms with Gasteiger partial charge in [0.2, 0.25) is 0 Å². The lowest BCUT2D eigenvalue weighted by atomic mass is 10.2. The van der Waals surface area contributed by atoms with Crippen molar-refractivity contribution in [2.24, 2.45) is 5.92 Å². The summed E-state index contributed by atoms with van der Waals surface area (Å²) in [6.45, 7) is 13.8. The molecule has 0 spiro atoms. The van der Waals surface area contributed by atoms with Crippen molar-refractivity contribution in [2.45, 2.75) is 58.4 Å². The van der Waals surface area contributed by atoms with Crippen molar-refractivity contribution in [3.8, 4) is 6.07 Å². The Morgan fingerprint density at radius 1 is 1.21 bits per heavy atom. The van der Waals surface area contributed by atoms with Gasteiger partial charge in [0.1, 0.15) is 0 Å². The van der Waals surface area contributed by atoms with Gasteiger partial charge in [-0.3, -0.25) is 9.80 Å². The lowest BCUT2D eigenvalue weighted by Gasteiger charge is -2.33. The summed E-state index contributed by atoms with van der Waals surface area (Å²) in [5, 5.41) is 9.01. The molecule has 1 aliphatic heterocycles. The Kier molecular flexibility index (Phi) is 7.66. The standard InChI is InChI=1S/C15H31N3Si/c1-5-6-7-8-9-17-10-11-18(13-14(2)12-16)15(17)19(3)4/h14-15,19H,5-11,13H2,1-4H3. The Hall–Kier alpha value is -0.373. The molecule has 0 aromatic carbocycles. The molecule has 1 rings (SSSR count). The molecule has 1 heterocycles. The summed E-state index contributed by atoms with van der Waals surface area (Å²) < 4.78 is 0. The van der Waals surface area contributed by atoms with Crippen LogP contribution in [-0.4, -0.2) is 50.6 Å². The largest absolute Gasteiger partial charge is 0.290 e. The molecule has 0 N–H and O–H groups in total. The zero-order chi connectivity index (χ0) is 14.3. The molecule has 0 radical (unpaired) electrons. The van der Waals surface area contributed by atoms with Gasteiger partial charge in [0.25, 0.3) is 0 Å². The van der Waals surface area contributed by atoms with E-state index in [1.54, 1.807) is 0 Å². The molecule has 2 unspecified atom stereocenters. The third-order valence-electron chi connectivity index (χ3n) is 4.05. The van der Waals surface area contributed by atoms with Gasteiger partial charge in [-0.2, -0.15) is 5.26 Å². The van der Waals surface area contributed by atoms with Gasteiger partial charge in [0.15, 0.2) is 0 Å². The van der Waals surface area contributed by atoms with Crippen molar-refractivity contribution in [3.63, 3.8) is 0 Å². The Balaban J connectivity index is 2.47. The van der Waals surface area contributed by atoms with Crippen LogP contribution in [0.5, 0.6) is 0 Å². The van der Waals surface area contributed by atoms with Crippen molar-refractivity contribution in [2.75, 3.05) is 26.2 Å². The van der Waals surface area contributed by atoms with E-state index >= 15 is 0 Å². The van der Waals surface area contributed by atoms with Gasteiger partial charge in [-0.1, -0.05) is 39.3 Å². The molecule has 0 bridgehead atoms. The van der Waals surface area contributed by atoms with E-state index in [-0.39, 0.29) is 5.92 Å². The van der Waals surface area contributed by atoms with Crippen LogP contribution >= 0.6 is 0 Å². The van der Waals surface area contributed by atoms with Gasteiger partial charge in [0, 0.05) is 25.4 Å². The van der Waals surface area contributed by atoms with Crippen molar-refractivity contribution >= 4 is 8.80 Å². The molecule has 4 heteroatoms. The maximum absolute atomic E-state index is 9.01. The van der Waals surface area contributed by atoms with Gasteiger partial charge >= 0.3 is 0 Å². The monoisotopic (exact) mass is 281 g/mol. The number of rotatable bonds is 8. The molecule has 1 fully saturated rings. The SMILES string of the molecule is CCCCCCN1CCN(CC(C)C#N)C1[SiH](C)C. The first-order valence-electron chi connectivity index (χ1n) is 7.97. The minimum atomic E-state index is -0.725. The van der Waals surface area contributed by atoms with E-state index < -0.39 is 8.80 Å². The number of hydrogen-bond donors (Lipinski definition) is 0. The van der Waals surface area contributed by atoms with Gasteiger partial charge in [0.05, 0.1) is 20.8 Å². The first kappa shape index (κ1) is 16.7. The Morgan fingerprint density at radius 3 is 2.47 bits per heavy atom. The Morgan fingerprint density at radius 2 is 1.89 bits per heavy atom. The fraction of sp³-hybridized carbons (Fsp3) is 0.933. The van der Waals surface area contributed by atoms with Crippen LogP contribution in [0.15, 0.2) is 0 Å². The van der Waals surface area contributed by atoms with E-state index in [2.05, 4.69) is 35.9 Å². The van der Waals surface area contributed by atoms with E-state index in [4.69, 9.17) is 5.26 Å². The maximum Gasteiger partial charge on any atom is 0.0692 e. The van der Waals surface area contributed by atoms with Crippen LogP contribution < -0.4 is 0 Å². The number of nitrogens with zero attached hydrogens (tertiary/aromatic N) is 3. The lowest BCUT2D eigenvalue weighted by molar-refractivity contribution is 0.189. The topological polar surface area (TPSA) is 30.3 Å². The maximum atomic E-state index is 9.01. The van der Waals surface area contributed by atoms with Crippen molar-refractivity contribution < 1.29 is 0 Å². The third-order valence-corrected chi connectivity index (χ3v) is 6.08. The Bertz CT molecular complexity index is 288. The van der Waals surface area contributed by atoms with Crippen LogP contribution in [0.2, 0.25) is 13.1 Å². The van der Waals surface area contributed by atoms with Crippen molar-refractivity contribution in [1.29, 1.82) is 5.26 Å². The fourth-order valence-corrected chi connectivity index (χ4v) is 5.43. The highest BCUT2D eigenvalue weighted by molar-refractivity contribution is 6.57. The van der Waals surface area contributed by atoms with Crippen LogP contribution in [0.1, 0.15) is 39.5 Å². The average Bonchev–Trinajstić information content (AvgIpc) is 2.77. The highest BCUT2D eigenvalue weighted by Crippen LogP contribution is 2.19. The van der Waals surface area contributed by atoms with Gasteiger partial charge in [-0.25, -0.2) is 0 Å². The highest BCUT2D eigenvalue weighted by Gasteiger charge is 2.34. The summed E-state index contributed by atoms with van der Waals surface area (Å²) >= 11 is 0. The summed E-state index contributed by atoms with van der Waals surface area (Å²) in [6.07, 6.45) is 5.39. The molecule has 110 valence electrons. The quantitative estimate of drug-likeness (QED) is 0.506. The first-order valence-corrected chi connectivity index (χ1v) is 11.0. The third kappa shape index (κ3) is 5.25. The summed E-state index contributed by atoms with van der Waals surface area (Å²) in [7, 11) is -0.725. The molecule has 1 saturated heterocycles. The van der Waals surface area contributed by atoms with Crippen LogP contribution in [0.4, 0.5) is 0 Å². The molecule has 19 heavy (non-hydrogen) atoms. The second kappa shape index (κ2) is 8.73. The molecule has 0 aromatic heterocycles. The normalized spacial score (nSPS) is 22.8. The zero-order valence-electron chi connectivity index (χ0n) is 13.2. The summed E-state index contributed by atoms with van der Waals surface area (Å²) in [5.74, 6) is 0.840. The molecule has 3 nitrogen and oxygen atoms in total. The van der Waals surface area contributed by atoms with E-state index in [0.29, 0.717) is 5.79 Å². The van der Waals surface area contributed by atoms with Gasteiger partial charge in [-0.05, 0) is 19.9 Å². The molecule has 1 aliphatic rings. The van der Waals surface area contributed by atoms with Crippen molar-refractivity contribution in [1.82, 2.24) is 9.80 Å². The molecular weight excluding hydrogens is 250 g/mol. The zero-order valence-corrected chi connectivity index (χ0v) is 14.4. The molecule has 0 amide bonds. The van der Waals surface area contributed by atoms with Crippen LogP contribution in [0.25, 0.3) is 0 Å². The molecule has 0 aromatic rings. The van der Waals surface area contributed by atoms with Crippen LogP contribution in [-0.2, 0) is 0 Å². The lowest BCUT2D eigenvalue weighted by Crippen LogP contribution is -2.48. The van der Waals surface area contributed by atoms with Crippen LogP contribution in [0.3, 0.4) is 0 Å². The number of hydrogen-bond acceptors (Lipinski definition) is 3. The molecule has 0 aliphatic carbocycles. The average molecular weight is 282 g/mol. The predicted octanol–water partition coefficient (Wildman–Crippen LogP) is 2.70. The minimum Gasteiger partial charge on any atom is -0.290 e. The second-order valence-electron chi connectivity index (χ2n) is 6.28. The van der Waals surface area contributed by atoms with E-state index in [1.165, 1.54) is 38.8 Å². The van der Waals surface area contributed by atoms with E-state index in [9.17, 15) is 0 Å². The summed E-state index contributed by atoms with van der Waals surface area (Å²) in [6, 6.07) is 2.38. The van der Waals surface area contributed by atoms with Crippen LogP contribution in [0, 0.1) is 17.2 Å². The molecule has 2 atom stereocenters. The van der Waals surface area contributed by atoms with E-state index in [0.717, 1.165) is 13.1 Å². The highest BCUT2D eigenvalue weighted by atomic mass is 28.3. The van der Waals surface area contributed by atoms with E-state index in [1.807, 2.05) is 6.92 Å². The smallest absolute Gasteiger partial charge is 0.0692 e. The number of nitriles is 1. The number of unbranched alkanes of at least 4 members (excludes halogenated alkanes) is 3. The van der Waals surface area contributed by atoms with Gasteiger partial charge < -0.3 is 0 Å². The molecular formula is C15H31N3Si. The van der Waals surface area contributed by atoms with Gasteiger partial charge in [-0.15, -0.1) is 0 Å². The molecule has 0 saturated carbocycles. The minimum absolute atomic E-state index is 0.162. The fourth-order valence-electron chi connectivity index (χ4n) is 3.17.